The van der Waals surface area contributed by atoms with E-state index in [1.807, 2.05) is 6.92 Å². The molecule has 2 aromatic carbocycles. The van der Waals surface area contributed by atoms with E-state index in [0.29, 0.717) is 31.0 Å². The number of anilines is 1. The zero-order valence-electron chi connectivity index (χ0n) is 15.6. The molecular formula is C20H23N3O5. The van der Waals surface area contributed by atoms with E-state index < -0.39 is 4.92 Å². The third-order valence-electron chi connectivity index (χ3n) is 3.92. The number of ether oxygens (including phenoxy) is 1. The largest absolute Gasteiger partial charge is 0.494 e. The molecule has 2 aromatic rings. The molecule has 0 aliphatic heterocycles. The van der Waals surface area contributed by atoms with Crippen LogP contribution < -0.4 is 15.4 Å². The van der Waals surface area contributed by atoms with Gasteiger partial charge < -0.3 is 15.4 Å². The number of nitrogens with zero attached hydrogens (tertiary/aromatic N) is 1. The number of nitrogens with one attached hydrogen (secondary N) is 2. The predicted octanol–water partition coefficient (Wildman–Crippen LogP) is 3.18. The molecule has 148 valence electrons. The summed E-state index contributed by atoms with van der Waals surface area (Å²) < 4.78 is 5.33. The monoisotopic (exact) mass is 385 g/mol. The van der Waals surface area contributed by atoms with Gasteiger partial charge in [0, 0.05) is 49.3 Å². The molecule has 0 radical (unpaired) electrons. The van der Waals surface area contributed by atoms with E-state index in [4.69, 9.17) is 4.74 Å². The number of hydrogen-bond donors (Lipinski definition) is 2. The summed E-state index contributed by atoms with van der Waals surface area (Å²) in [4.78, 5) is 34.1. The van der Waals surface area contributed by atoms with E-state index in [0.717, 1.165) is 5.69 Å². The summed E-state index contributed by atoms with van der Waals surface area (Å²) in [5.41, 5.74) is 1.30. The lowest BCUT2D eigenvalue weighted by atomic mass is 10.1. The van der Waals surface area contributed by atoms with Gasteiger partial charge in [-0.3, -0.25) is 19.7 Å². The van der Waals surface area contributed by atoms with E-state index in [9.17, 15) is 19.7 Å². The molecule has 0 aliphatic rings. The van der Waals surface area contributed by atoms with Crippen molar-refractivity contribution in [3.05, 3.63) is 64.2 Å². The van der Waals surface area contributed by atoms with Crippen molar-refractivity contribution in [1.82, 2.24) is 5.32 Å². The zero-order valence-corrected chi connectivity index (χ0v) is 15.6. The average molecular weight is 385 g/mol. The first kappa shape index (κ1) is 20.9. The Morgan fingerprint density at radius 2 is 1.68 bits per heavy atom. The first-order valence-electron chi connectivity index (χ1n) is 9.00. The molecule has 0 bridgehead atoms. The van der Waals surface area contributed by atoms with Crippen molar-refractivity contribution in [1.29, 1.82) is 0 Å². The van der Waals surface area contributed by atoms with Gasteiger partial charge in [0.25, 0.3) is 5.69 Å². The molecule has 0 aliphatic carbocycles. The Kier molecular flexibility index (Phi) is 7.95. The van der Waals surface area contributed by atoms with Crippen LogP contribution in [0.2, 0.25) is 0 Å². The number of Topliss-reactive ketones (excluding diaryl/α,β-unsaturated/α-hetero) is 1. The molecular weight excluding hydrogens is 362 g/mol. The lowest BCUT2D eigenvalue weighted by Crippen LogP contribution is -2.29. The summed E-state index contributed by atoms with van der Waals surface area (Å²) >= 11 is 0. The van der Waals surface area contributed by atoms with Gasteiger partial charge in [-0.25, -0.2) is 0 Å². The number of amides is 1. The SMILES string of the molecule is CCOc1ccc(C(=O)CCC(=O)NCCNc2ccc([N+](=O)[O-])cc2)cc1. The van der Waals surface area contributed by atoms with Crippen LogP contribution in [0.1, 0.15) is 30.1 Å². The highest BCUT2D eigenvalue weighted by Gasteiger charge is 2.09. The Morgan fingerprint density at radius 1 is 1.00 bits per heavy atom. The molecule has 2 N–H and O–H groups in total. The van der Waals surface area contributed by atoms with Gasteiger partial charge in [0.2, 0.25) is 5.91 Å². The summed E-state index contributed by atoms with van der Waals surface area (Å²) in [7, 11) is 0. The van der Waals surface area contributed by atoms with Crippen LogP contribution in [0.15, 0.2) is 48.5 Å². The smallest absolute Gasteiger partial charge is 0.269 e. The third-order valence-corrected chi connectivity index (χ3v) is 3.92. The minimum absolute atomic E-state index is 0.0241. The first-order chi connectivity index (χ1) is 13.5. The minimum Gasteiger partial charge on any atom is -0.494 e. The van der Waals surface area contributed by atoms with Crippen LogP contribution in [0.3, 0.4) is 0 Å². The number of benzene rings is 2. The Labute approximate surface area is 163 Å². The zero-order chi connectivity index (χ0) is 20.4. The molecule has 0 atom stereocenters. The van der Waals surface area contributed by atoms with Crippen LogP contribution in [-0.2, 0) is 4.79 Å². The summed E-state index contributed by atoms with van der Waals surface area (Å²) in [6.45, 7) is 3.30. The van der Waals surface area contributed by atoms with E-state index in [-0.39, 0.29) is 30.2 Å². The molecule has 2 rings (SSSR count). The molecule has 0 saturated carbocycles. The third kappa shape index (κ3) is 6.71. The van der Waals surface area contributed by atoms with Crippen molar-refractivity contribution >= 4 is 23.1 Å². The van der Waals surface area contributed by atoms with Crippen LogP contribution >= 0.6 is 0 Å². The van der Waals surface area contributed by atoms with E-state index in [1.165, 1.54) is 12.1 Å². The van der Waals surface area contributed by atoms with E-state index in [2.05, 4.69) is 10.6 Å². The number of rotatable bonds is 11. The van der Waals surface area contributed by atoms with Crippen LogP contribution in [0, 0.1) is 10.1 Å². The Hall–Kier alpha value is -3.42. The lowest BCUT2D eigenvalue weighted by Gasteiger charge is -2.08. The maximum absolute atomic E-state index is 12.1. The summed E-state index contributed by atoms with van der Waals surface area (Å²) in [5, 5.41) is 16.4. The molecule has 0 spiro atoms. The van der Waals surface area contributed by atoms with Gasteiger partial charge in [-0.2, -0.15) is 0 Å². The van der Waals surface area contributed by atoms with Crippen molar-refractivity contribution in [2.24, 2.45) is 0 Å². The van der Waals surface area contributed by atoms with Gasteiger partial charge >= 0.3 is 0 Å². The minimum atomic E-state index is -0.460. The molecule has 8 nitrogen and oxygen atoms in total. The van der Waals surface area contributed by atoms with Crippen molar-refractivity contribution < 1.29 is 19.2 Å². The van der Waals surface area contributed by atoms with Gasteiger partial charge in [-0.1, -0.05) is 0 Å². The Morgan fingerprint density at radius 3 is 2.29 bits per heavy atom. The van der Waals surface area contributed by atoms with Gasteiger partial charge in [0.15, 0.2) is 5.78 Å². The lowest BCUT2D eigenvalue weighted by molar-refractivity contribution is -0.384. The molecule has 28 heavy (non-hydrogen) atoms. The average Bonchev–Trinajstić information content (AvgIpc) is 2.70. The molecule has 0 unspecified atom stereocenters. The van der Waals surface area contributed by atoms with Gasteiger partial charge in [-0.05, 0) is 43.3 Å². The van der Waals surface area contributed by atoms with Crippen molar-refractivity contribution in [3.8, 4) is 5.75 Å². The number of non-ortho nitro benzene ring substituents is 1. The standard InChI is InChI=1S/C20H23N3O5/c1-2-28-18-9-3-15(4-10-18)19(24)11-12-20(25)22-14-13-21-16-5-7-17(8-6-16)23(26)27/h3-10,21H,2,11-14H2,1H3,(H,22,25). The quantitative estimate of drug-likeness (QED) is 0.266. The normalized spacial score (nSPS) is 10.2. The van der Waals surface area contributed by atoms with Crippen molar-refractivity contribution in [2.75, 3.05) is 25.0 Å². The summed E-state index contributed by atoms with van der Waals surface area (Å²) in [6.07, 6.45) is 0.249. The second-order valence-corrected chi connectivity index (χ2v) is 5.96. The van der Waals surface area contributed by atoms with Crippen LogP contribution in [0.25, 0.3) is 0 Å². The number of carbonyl (C=O) groups excluding carboxylic acids is 2. The van der Waals surface area contributed by atoms with Gasteiger partial charge in [-0.15, -0.1) is 0 Å². The molecule has 0 fully saturated rings. The fraction of sp³-hybridized carbons (Fsp3) is 0.300. The number of carbonyl (C=O) groups is 2. The molecule has 0 heterocycles. The number of nitro benzene ring substituents is 1. The number of hydrogen-bond acceptors (Lipinski definition) is 6. The molecule has 0 aromatic heterocycles. The van der Waals surface area contributed by atoms with E-state index in [1.54, 1.807) is 36.4 Å². The number of ketones is 1. The molecule has 8 heteroatoms. The fourth-order valence-electron chi connectivity index (χ4n) is 2.47. The van der Waals surface area contributed by atoms with Gasteiger partial charge in [0.1, 0.15) is 5.75 Å². The molecule has 1 amide bonds. The second kappa shape index (κ2) is 10.7. The maximum Gasteiger partial charge on any atom is 0.269 e. The topological polar surface area (TPSA) is 111 Å². The Balaban J connectivity index is 1.65. The second-order valence-electron chi connectivity index (χ2n) is 5.96. The summed E-state index contributed by atoms with van der Waals surface area (Å²) in [5.74, 6) is 0.407. The predicted molar refractivity (Wildman–Crippen MR) is 106 cm³/mol. The van der Waals surface area contributed by atoms with Crippen molar-refractivity contribution in [2.45, 2.75) is 19.8 Å². The highest BCUT2D eigenvalue weighted by atomic mass is 16.6. The molecule has 0 saturated heterocycles. The first-order valence-corrected chi connectivity index (χ1v) is 9.00. The fourth-order valence-corrected chi connectivity index (χ4v) is 2.47. The van der Waals surface area contributed by atoms with E-state index >= 15 is 0 Å². The van der Waals surface area contributed by atoms with Crippen LogP contribution in [-0.4, -0.2) is 36.3 Å². The Bertz CT molecular complexity index is 804. The maximum atomic E-state index is 12.1. The number of nitro groups is 1. The highest BCUT2D eigenvalue weighted by molar-refractivity contribution is 5.98. The van der Waals surface area contributed by atoms with Crippen LogP contribution in [0.5, 0.6) is 5.75 Å². The highest BCUT2D eigenvalue weighted by Crippen LogP contribution is 2.15. The van der Waals surface area contributed by atoms with Crippen molar-refractivity contribution in [3.63, 3.8) is 0 Å². The summed E-state index contributed by atoms with van der Waals surface area (Å²) in [6, 6.07) is 12.9. The van der Waals surface area contributed by atoms with Gasteiger partial charge in [0.05, 0.1) is 11.5 Å². The van der Waals surface area contributed by atoms with Crippen LogP contribution in [0.4, 0.5) is 11.4 Å².